The van der Waals surface area contributed by atoms with E-state index in [4.69, 9.17) is 0 Å². The molecule has 0 saturated heterocycles. The summed E-state index contributed by atoms with van der Waals surface area (Å²) in [5.74, 6) is 0.177. The lowest BCUT2D eigenvalue weighted by Crippen LogP contribution is -2.33. The molecule has 0 aliphatic rings. The van der Waals surface area contributed by atoms with Gasteiger partial charge in [-0.15, -0.1) is 0 Å². The van der Waals surface area contributed by atoms with Gasteiger partial charge in [-0.25, -0.2) is 17.9 Å². The highest BCUT2D eigenvalue weighted by Crippen LogP contribution is 2.10. The lowest BCUT2D eigenvalue weighted by atomic mass is 10.2. The van der Waals surface area contributed by atoms with Gasteiger partial charge in [0.05, 0.1) is 4.90 Å². The van der Waals surface area contributed by atoms with Gasteiger partial charge in [0.1, 0.15) is 12.4 Å². The van der Waals surface area contributed by atoms with Gasteiger partial charge < -0.3 is 5.32 Å². The van der Waals surface area contributed by atoms with Crippen molar-refractivity contribution in [1.29, 1.82) is 0 Å². The molecule has 1 aromatic heterocycles. The van der Waals surface area contributed by atoms with Crippen molar-refractivity contribution in [2.45, 2.75) is 24.9 Å². The SMILES string of the molecule is Cc1nn(CC(=O)NCc2ccc(S(C)(=O)=O)cc2)c(=O)n1C. The van der Waals surface area contributed by atoms with E-state index in [0.29, 0.717) is 5.82 Å². The number of sulfone groups is 1. The Balaban J connectivity index is 1.97. The molecule has 23 heavy (non-hydrogen) atoms. The molecule has 0 saturated carbocycles. The molecular formula is C14H18N4O4S. The van der Waals surface area contributed by atoms with Crippen molar-refractivity contribution < 1.29 is 13.2 Å². The molecule has 0 aliphatic heterocycles. The zero-order valence-corrected chi connectivity index (χ0v) is 13.9. The fourth-order valence-electron chi connectivity index (χ4n) is 1.95. The van der Waals surface area contributed by atoms with Gasteiger partial charge in [-0.2, -0.15) is 5.10 Å². The van der Waals surface area contributed by atoms with Crippen molar-refractivity contribution in [3.63, 3.8) is 0 Å². The molecule has 0 fully saturated rings. The lowest BCUT2D eigenvalue weighted by Gasteiger charge is -2.06. The lowest BCUT2D eigenvalue weighted by molar-refractivity contribution is -0.122. The second-order valence-electron chi connectivity index (χ2n) is 5.24. The summed E-state index contributed by atoms with van der Waals surface area (Å²) in [5, 5.41) is 6.65. The Labute approximate surface area is 133 Å². The van der Waals surface area contributed by atoms with Crippen LogP contribution in [0.3, 0.4) is 0 Å². The van der Waals surface area contributed by atoms with Crippen LogP contribution in [0.2, 0.25) is 0 Å². The molecule has 0 bridgehead atoms. The first-order valence-corrected chi connectivity index (χ1v) is 8.74. The molecule has 1 amide bonds. The highest BCUT2D eigenvalue weighted by Gasteiger charge is 2.11. The van der Waals surface area contributed by atoms with Crippen molar-refractivity contribution in [2.24, 2.45) is 7.05 Å². The number of hydrogen-bond acceptors (Lipinski definition) is 5. The number of rotatable bonds is 5. The molecular weight excluding hydrogens is 320 g/mol. The minimum Gasteiger partial charge on any atom is -0.350 e. The monoisotopic (exact) mass is 338 g/mol. The van der Waals surface area contributed by atoms with E-state index in [-0.39, 0.29) is 29.6 Å². The van der Waals surface area contributed by atoms with E-state index < -0.39 is 9.84 Å². The molecule has 2 rings (SSSR count). The number of amides is 1. The number of carbonyl (C=O) groups excluding carboxylic acids is 1. The van der Waals surface area contributed by atoms with E-state index in [1.807, 2.05) is 0 Å². The van der Waals surface area contributed by atoms with E-state index in [0.717, 1.165) is 16.5 Å². The van der Waals surface area contributed by atoms with Gasteiger partial charge in [-0.3, -0.25) is 9.36 Å². The van der Waals surface area contributed by atoms with Crippen LogP contribution in [-0.2, 0) is 34.8 Å². The molecule has 0 radical (unpaired) electrons. The zero-order valence-electron chi connectivity index (χ0n) is 13.1. The number of nitrogens with one attached hydrogen (secondary N) is 1. The third-order valence-corrected chi connectivity index (χ3v) is 4.52. The average molecular weight is 338 g/mol. The van der Waals surface area contributed by atoms with Crippen LogP contribution >= 0.6 is 0 Å². The highest BCUT2D eigenvalue weighted by molar-refractivity contribution is 7.90. The minimum absolute atomic E-state index is 0.165. The summed E-state index contributed by atoms with van der Waals surface area (Å²) in [5.41, 5.74) is 0.408. The van der Waals surface area contributed by atoms with E-state index in [9.17, 15) is 18.0 Å². The normalized spacial score (nSPS) is 11.4. The Morgan fingerprint density at radius 3 is 2.35 bits per heavy atom. The van der Waals surface area contributed by atoms with E-state index >= 15 is 0 Å². The van der Waals surface area contributed by atoms with Crippen molar-refractivity contribution in [3.05, 3.63) is 46.1 Å². The first-order chi connectivity index (χ1) is 10.7. The largest absolute Gasteiger partial charge is 0.350 e. The van der Waals surface area contributed by atoms with Crippen LogP contribution < -0.4 is 11.0 Å². The van der Waals surface area contributed by atoms with Crippen LogP contribution in [0.4, 0.5) is 0 Å². The topological polar surface area (TPSA) is 103 Å². The molecule has 9 heteroatoms. The maximum absolute atomic E-state index is 11.9. The molecule has 1 aromatic carbocycles. The highest BCUT2D eigenvalue weighted by atomic mass is 32.2. The fourth-order valence-corrected chi connectivity index (χ4v) is 2.58. The van der Waals surface area contributed by atoms with Crippen LogP contribution in [0.1, 0.15) is 11.4 Å². The van der Waals surface area contributed by atoms with Crippen molar-refractivity contribution >= 4 is 15.7 Å². The summed E-state index contributed by atoms with van der Waals surface area (Å²) in [6.07, 6.45) is 1.14. The van der Waals surface area contributed by atoms with Crippen LogP contribution in [0.25, 0.3) is 0 Å². The first kappa shape index (κ1) is 16.9. The number of nitrogens with zero attached hydrogens (tertiary/aromatic N) is 3. The van der Waals surface area contributed by atoms with Gasteiger partial charge in [-0.05, 0) is 24.6 Å². The molecule has 0 aliphatic carbocycles. The first-order valence-electron chi connectivity index (χ1n) is 6.84. The fraction of sp³-hybridized carbons (Fsp3) is 0.357. The van der Waals surface area contributed by atoms with Crippen LogP contribution in [0, 0.1) is 6.92 Å². The summed E-state index contributed by atoms with van der Waals surface area (Å²) in [7, 11) is -1.65. The Bertz CT molecular complexity index is 878. The average Bonchev–Trinajstić information content (AvgIpc) is 2.72. The third-order valence-electron chi connectivity index (χ3n) is 3.39. The summed E-state index contributed by atoms with van der Waals surface area (Å²) < 4.78 is 25.2. The number of aryl methyl sites for hydroxylation is 1. The molecule has 1 N–H and O–H groups in total. The van der Waals surface area contributed by atoms with E-state index in [1.165, 1.54) is 16.7 Å². The molecule has 124 valence electrons. The predicted molar refractivity (Wildman–Crippen MR) is 83.6 cm³/mol. The van der Waals surface area contributed by atoms with Crippen LogP contribution in [0.15, 0.2) is 34.0 Å². The summed E-state index contributed by atoms with van der Waals surface area (Å²) >= 11 is 0. The zero-order chi connectivity index (χ0) is 17.2. The van der Waals surface area contributed by atoms with Gasteiger partial charge >= 0.3 is 5.69 Å². The van der Waals surface area contributed by atoms with E-state index in [1.54, 1.807) is 26.1 Å². The Kier molecular flexibility index (Phi) is 4.69. The number of aromatic nitrogens is 3. The summed E-state index contributed by atoms with van der Waals surface area (Å²) in [4.78, 5) is 23.9. The maximum atomic E-state index is 11.9. The summed E-state index contributed by atoms with van der Waals surface area (Å²) in [6.45, 7) is 1.75. The molecule has 1 heterocycles. The van der Waals surface area contributed by atoms with Crippen molar-refractivity contribution in [3.8, 4) is 0 Å². The molecule has 0 atom stereocenters. The van der Waals surface area contributed by atoms with Gasteiger partial charge in [0.25, 0.3) is 0 Å². The van der Waals surface area contributed by atoms with Crippen LogP contribution in [-0.4, -0.2) is 34.9 Å². The Hall–Kier alpha value is -2.42. The molecule has 8 nitrogen and oxygen atoms in total. The number of benzene rings is 1. The van der Waals surface area contributed by atoms with E-state index in [2.05, 4.69) is 10.4 Å². The van der Waals surface area contributed by atoms with Crippen molar-refractivity contribution in [2.75, 3.05) is 6.26 Å². The van der Waals surface area contributed by atoms with Crippen molar-refractivity contribution in [1.82, 2.24) is 19.7 Å². The Morgan fingerprint density at radius 2 is 1.87 bits per heavy atom. The van der Waals surface area contributed by atoms with Gasteiger partial charge in [0.15, 0.2) is 9.84 Å². The number of hydrogen-bond donors (Lipinski definition) is 1. The maximum Gasteiger partial charge on any atom is 0.346 e. The van der Waals surface area contributed by atoms with Gasteiger partial charge in [-0.1, -0.05) is 12.1 Å². The predicted octanol–water partition coefficient (Wildman–Crippen LogP) is -0.390. The second-order valence-corrected chi connectivity index (χ2v) is 7.26. The molecule has 0 unspecified atom stereocenters. The number of carbonyl (C=O) groups is 1. The standard InChI is InChI=1S/C14H18N4O4S/c1-10-16-18(14(20)17(10)2)9-13(19)15-8-11-4-6-12(7-5-11)23(3,21)22/h4-7H,8-9H2,1-3H3,(H,15,19). The third kappa shape index (κ3) is 4.07. The van der Waals surface area contributed by atoms with Gasteiger partial charge in [0.2, 0.25) is 5.91 Å². The molecule has 0 spiro atoms. The molecule has 2 aromatic rings. The van der Waals surface area contributed by atoms with Crippen LogP contribution in [0.5, 0.6) is 0 Å². The van der Waals surface area contributed by atoms with Gasteiger partial charge in [0, 0.05) is 19.8 Å². The Morgan fingerprint density at radius 1 is 1.26 bits per heavy atom. The minimum atomic E-state index is -3.23. The summed E-state index contributed by atoms with van der Waals surface area (Å²) in [6, 6.07) is 6.24. The second kappa shape index (κ2) is 6.37. The smallest absolute Gasteiger partial charge is 0.346 e. The quantitative estimate of drug-likeness (QED) is 0.800.